The highest BCUT2D eigenvalue weighted by molar-refractivity contribution is 6.04. The van der Waals surface area contributed by atoms with Crippen molar-refractivity contribution in [2.75, 3.05) is 25.0 Å². The van der Waals surface area contributed by atoms with E-state index in [0.29, 0.717) is 12.2 Å². The second kappa shape index (κ2) is 8.12. The fourth-order valence-electron chi connectivity index (χ4n) is 3.98. The van der Waals surface area contributed by atoms with Gasteiger partial charge in [-0.1, -0.05) is 12.1 Å². The van der Waals surface area contributed by atoms with E-state index in [-0.39, 0.29) is 17.7 Å². The molecule has 1 fully saturated rings. The molecule has 3 heterocycles. The number of nitrogens with two attached hydrogens (primary N) is 1. The lowest BCUT2D eigenvalue weighted by molar-refractivity contribution is -0.123. The van der Waals surface area contributed by atoms with E-state index < -0.39 is 0 Å². The molecule has 28 heavy (non-hydrogen) atoms. The van der Waals surface area contributed by atoms with Gasteiger partial charge in [-0.25, -0.2) is 0 Å². The average Bonchev–Trinajstić information content (AvgIpc) is 3.13. The lowest BCUT2D eigenvalue weighted by atomic mass is 9.96. The first-order valence-corrected chi connectivity index (χ1v) is 9.79. The fourth-order valence-corrected chi connectivity index (χ4v) is 3.98. The normalized spacial score (nSPS) is 17.9. The fraction of sp³-hybridized carbons (Fsp3) is 0.450. The maximum Gasteiger partial charge on any atom is 0.276 e. The number of primary amides is 1. The average molecular weight is 382 g/mol. The first-order chi connectivity index (χ1) is 13.6. The van der Waals surface area contributed by atoms with Gasteiger partial charge in [0.2, 0.25) is 5.91 Å². The number of carbonyl (C=O) groups is 2. The number of piperidine rings is 1. The Morgan fingerprint density at radius 3 is 2.89 bits per heavy atom. The number of hydrogen-bond donors (Lipinski definition) is 4. The van der Waals surface area contributed by atoms with Gasteiger partial charge in [-0.2, -0.15) is 5.10 Å². The third-order valence-corrected chi connectivity index (χ3v) is 5.60. The molecule has 148 valence electrons. The Bertz CT molecular complexity index is 869. The van der Waals surface area contributed by atoms with Crippen molar-refractivity contribution in [3.05, 3.63) is 46.8 Å². The topological polar surface area (TPSA) is 116 Å². The summed E-state index contributed by atoms with van der Waals surface area (Å²) in [4.78, 5) is 26.3. The highest BCUT2D eigenvalue weighted by atomic mass is 16.2. The summed E-state index contributed by atoms with van der Waals surface area (Å²) in [6.07, 6.45) is 2.48. The van der Waals surface area contributed by atoms with Crippen LogP contribution in [0.3, 0.4) is 0 Å². The van der Waals surface area contributed by atoms with Crippen LogP contribution in [0.2, 0.25) is 0 Å². The summed E-state index contributed by atoms with van der Waals surface area (Å²) in [7, 11) is 0. The minimum absolute atomic E-state index is 0.00357. The first-order valence-electron chi connectivity index (χ1n) is 9.79. The molecule has 0 aliphatic carbocycles. The van der Waals surface area contributed by atoms with E-state index in [4.69, 9.17) is 5.73 Å². The Hall–Kier alpha value is -2.71. The number of nitrogens with zero attached hydrogens (tertiary/aromatic N) is 2. The van der Waals surface area contributed by atoms with E-state index >= 15 is 0 Å². The standard InChI is InChI=1S/C20H26N6O2/c21-19(27)14-5-8-26(9-6-14)12-13-2-1-3-15(10-13)23-20(28)18-16-11-22-7-4-17(16)24-25-18/h1-3,10,14,22H,4-9,11-12H2,(H2,21,27)(H,23,28)(H,24,25). The van der Waals surface area contributed by atoms with Gasteiger partial charge in [-0.3, -0.25) is 19.6 Å². The molecule has 4 rings (SSSR count). The van der Waals surface area contributed by atoms with Crippen LogP contribution in [0.4, 0.5) is 5.69 Å². The van der Waals surface area contributed by atoms with Gasteiger partial charge in [0.1, 0.15) is 0 Å². The maximum absolute atomic E-state index is 12.7. The van der Waals surface area contributed by atoms with Crippen LogP contribution in [0.25, 0.3) is 0 Å². The third-order valence-electron chi connectivity index (χ3n) is 5.60. The van der Waals surface area contributed by atoms with Gasteiger partial charge in [0.15, 0.2) is 5.69 Å². The first kappa shape index (κ1) is 18.6. The largest absolute Gasteiger partial charge is 0.369 e. The molecular weight excluding hydrogens is 356 g/mol. The third kappa shape index (κ3) is 4.07. The van der Waals surface area contributed by atoms with Crippen LogP contribution in [-0.2, 0) is 24.3 Å². The summed E-state index contributed by atoms with van der Waals surface area (Å²) in [6, 6.07) is 7.88. The summed E-state index contributed by atoms with van der Waals surface area (Å²) in [5.41, 5.74) is 9.74. The quantitative estimate of drug-likeness (QED) is 0.616. The van der Waals surface area contributed by atoms with Crippen molar-refractivity contribution in [1.82, 2.24) is 20.4 Å². The molecule has 0 atom stereocenters. The zero-order valence-corrected chi connectivity index (χ0v) is 15.8. The molecule has 2 aromatic rings. The van der Waals surface area contributed by atoms with E-state index in [1.165, 1.54) is 0 Å². The van der Waals surface area contributed by atoms with Crippen LogP contribution < -0.4 is 16.4 Å². The lowest BCUT2D eigenvalue weighted by Crippen LogP contribution is -2.38. The number of nitrogens with one attached hydrogen (secondary N) is 3. The Kier molecular flexibility index (Phi) is 5.40. The second-order valence-corrected chi connectivity index (χ2v) is 7.56. The molecule has 2 amide bonds. The molecule has 0 radical (unpaired) electrons. The molecular formula is C20H26N6O2. The molecule has 0 saturated carbocycles. The van der Waals surface area contributed by atoms with Crippen molar-refractivity contribution < 1.29 is 9.59 Å². The van der Waals surface area contributed by atoms with Crippen molar-refractivity contribution in [2.24, 2.45) is 11.7 Å². The minimum Gasteiger partial charge on any atom is -0.369 e. The minimum atomic E-state index is -0.194. The zero-order valence-electron chi connectivity index (χ0n) is 15.8. The maximum atomic E-state index is 12.7. The SMILES string of the molecule is NC(=O)C1CCN(Cc2cccc(NC(=O)c3n[nH]c4c3CNCC4)c2)CC1. The summed E-state index contributed by atoms with van der Waals surface area (Å²) in [5.74, 6) is -0.392. The van der Waals surface area contributed by atoms with Crippen LogP contribution >= 0.6 is 0 Å². The highest BCUT2D eigenvalue weighted by Crippen LogP contribution is 2.21. The molecule has 2 aliphatic rings. The monoisotopic (exact) mass is 382 g/mol. The lowest BCUT2D eigenvalue weighted by Gasteiger charge is -2.30. The van der Waals surface area contributed by atoms with Crippen molar-refractivity contribution >= 4 is 17.5 Å². The van der Waals surface area contributed by atoms with Gasteiger partial charge in [-0.05, 0) is 43.6 Å². The predicted octanol–water partition coefficient (Wildman–Crippen LogP) is 1.00. The van der Waals surface area contributed by atoms with Crippen molar-refractivity contribution in [3.63, 3.8) is 0 Å². The van der Waals surface area contributed by atoms with Gasteiger partial charge < -0.3 is 16.4 Å². The number of amides is 2. The summed E-state index contributed by atoms with van der Waals surface area (Å²) in [6.45, 7) is 4.06. The van der Waals surface area contributed by atoms with E-state index in [1.807, 2.05) is 18.2 Å². The zero-order chi connectivity index (χ0) is 19.5. The smallest absolute Gasteiger partial charge is 0.276 e. The molecule has 0 unspecified atom stereocenters. The molecule has 8 heteroatoms. The van der Waals surface area contributed by atoms with Gasteiger partial charge in [0.05, 0.1) is 0 Å². The summed E-state index contributed by atoms with van der Waals surface area (Å²) >= 11 is 0. The number of likely N-dealkylation sites (tertiary alicyclic amines) is 1. The number of fused-ring (bicyclic) bond motifs is 1. The van der Waals surface area contributed by atoms with Crippen LogP contribution in [-0.4, -0.2) is 46.5 Å². The van der Waals surface area contributed by atoms with Crippen LogP contribution in [0, 0.1) is 5.92 Å². The predicted molar refractivity (Wildman–Crippen MR) is 106 cm³/mol. The van der Waals surface area contributed by atoms with E-state index in [0.717, 1.165) is 67.9 Å². The van der Waals surface area contributed by atoms with Crippen molar-refractivity contribution in [1.29, 1.82) is 0 Å². The Balaban J connectivity index is 1.38. The number of benzene rings is 1. The highest BCUT2D eigenvalue weighted by Gasteiger charge is 2.24. The van der Waals surface area contributed by atoms with Crippen LogP contribution in [0.15, 0.2) is 24.3 Å². The Morgan fingerprint density at radius 1 is 1.29 bits per heavy atom. The molecule has 0 bridgehead atoms. The Labute approximate surface area is 163 Å². The molecule has 1 saturated heterocycles. The Morgan fingerprint density at radius 2 is 2.11 bits per heavy atom. The number of H-pyrrole nitrogens is 1. The molecule has 8 nitrogen and oxygen atoms in total. The number of aromatic nitrogens is 2. The summed E-state index contributed by atoms with van der Waals surface area (Å²) in [5, 5.41) is 13.4. The van der Waals surface area contributed by atoms with Gasteiger partial charge >= 0.3 is 0 Å². The van der Waals surface area contributed by atoms with Crippen LogP contribution in [0.5, 0.6) is 0 Å². The van der Waals surface area contributed by atoms with Crippen molar-refractivity contribution in [2.45, 2.75) is 32.4 Å². The van der Waals surface area contributed by atoms with Gasteiger partial charge in [0, 0.05) is 48.9 Å². The van der Waals surface area contributed by atoms with Crippen LogP contribution in [0.1, 0.15) is 40.2 Å². The van der Waals surface area contributed by atoms with Gasteiger partial charge in [-0.15, -0.1) is 0 Å². The number of anilines is 1. The molecule has 2 aliphatic heterocycles. The molecule has 0 spiro atoms. The second-order valence-electron chi connectivity index (χ2n) is 7.56. The molecule has 5 N–H and O–H groups in total. The van der Waals surface area contributed by atoms with Crippen molar-refractivity contribution in [3.8, 4) is 0 Å². The van der Waals surface area contributed by atoms with Gasteiger partial charge in [0.25, 0.3) is 5.91 Å². The molecule has 1 aromatic carbocycles. The molecule has 1 aromatic heterocycles. The number of carbonyl (C=O) groups excluding carboxylic acids is 2. The number of rotatable bonds is 5. The van der Waals surface area contributed by atoms with E-state index in [2.05, 4.69) is 31.8 Å². The van der Waals surface area contributed by atoms with E-state index in [9.17, 15) is 9.59 Å². The number of aromatic amines is 1. The summed E-state index contributed by atoms with van der Waals surface area (Å²) < 4.78 is 0. The number of hydrogen-bond acceptors (Lipinski definition) is 5. The van der Waals surface area contributed by atoms with E-state index in [1.54, 1.807) is 0 Å².